The zero-order valence-corrected chi connectivity index (χ0v) is 22.5. The molecule has 2 fully saturated rings. The number of aromatic nitrogens is 5. The highest BCUT2D eigenvalue weighted by Crippen LogP contribution is 2.43. The van der Waals surface area contributed by atoms with Crippen molar-refractivity contribution in [3.8, 4) is 22.6 Å². The van der Waals surface area contributed by atoms with E-state index in [1.165, 1.54) is 24.4 Å². The first kappa shape index (κ1) is 25.3. The molecule has 0 N–H and O–H groups in total. The lowest BCUT2D eigenvalue weighted by Crippen LogP contribution is -2.34. The summed E-state index contributed by atoms with van der Waals surface area (Å²) in [6, 6.07) is 11.7. The Balaban J connectivity index is 1.21. The number of anilines is 1. The van der Waals surface area contributed by atoms with Crippen molar-refractivity contribution in [2.75, 3.05) is 24.7 Å². The van der Waals surface area contributed by atoms with Gasteiger partial charge in [0.15, 0.2) is 5.69 Å². The molecule has 4 aromatic rings. The number of alkyl halides is 3. The van der Waals surface area contributed by atoms with Crippen molar-refractivity contribution in [2.45, 2.75) is 63.8 Å². The number of benzene rings is 1. The van der Waals surface area contributed by atoms with Gasteiger partial charge in [0.1, 0.15) is 11.6 Å². The van der Waals surface area contributed by atoms with Crippen molar-refractivity contribution in [3.05, 3.63) is 71.7 Å². The third-order valence-electron chi connectivity index (χ3n) is 8.15. The van der Waals surface area contributed by atoms with Crippen LogP contribution < -0.4 is 4.90 Å². The summed E-state index contributed by atoms with van der Waals surface area (Å²) in [5.41, 5.74) is 5.16. The second-order valence-electron chi connectivity index (χ2n) is 11.3. The zero-order valence-electron chi connectivity index (χ0n) is 22.5. The monoisotopic (exact) mass is 548 g/mol. The number of fused-ring (bicyclic) bond motifs is 1. The van der Waals surface area contributed by atoms with Crippen LogP contribution in [0, 0.1) is 0 Å². The molecule has 1 aliphatic carbocycles. The fourth-order valence-corrected chi connectivity index (χ4v) is 5.79. The minimum atomic E-state index is -4.50. The maximum atomic E-state index is 13.5. The topological polar surface area (TPSA) is 61.0 Å². The van der Waals surface area contributed by atoms with E-state index in [9.17, 15) is 13.2 Å². The molecule has 0 unspecified atom stereocenters. The van der Waals surface area contributed by atoms with Gasteiger partial charge in [0.25, 0.3) is 0 Å². The minimum absolute atomic E-state index is 0.136. The third kappa shape index (κ3) is 4.38. The van der Waals surface area contributed by atoms with Crippen molar-refractivity contribution in [3.63, 3.8) is 0 Å². The van der Waals surface area contributed by atoms with Crippen molar-refractivity contribution < 1.29 is 17.9 Å². The van der Waals surface area contributed by atoms with E-state index in [0.29, 0.717) is 37.1 Å². The normalized spacial score (nSPS) is 17.8. The first-order chi connectivity index (χ1) is 19.3. The number of hydrogen-bond donors (Lipinski definition) is 0. The van der Waals surface area contributed by atoms with Gasteiger partial charge in [-0.25, -0.2) is 9.97 Å². The first-order valence-electron chi connectivity index (χ1n) is 13.9. The molecule has 7 nitrogen and oxygen atoms in total. The van der Waals surface area contributed by atoms with Gasteiger partial charge in [0, 0.05) is 48.2 Å². The Morgan fingerprint density at radius 2 is 1.77 bits per heavy atom. The molecule has 2 aliphatic heterocycles. The highest BCUT2D eigenvalue weighted by molar-refractivity contribution is 5.68. The van der Waals surface area contributed by atoms with E-state index in [2.05, 4.69) is 39.3 Å². The van der Waals surface area contributed by atoms with E-state index >= 15 is 0 Å². The molecule has 208 valence electrons. The summed E-state index contributed by atoms with van der Waals surface area (Å²) in [5, 5.41) is 0. The smallest absolute Gasteiger partial charge is 0.377 e. The Kier molecular flexibility index (Phi) is 5.99. The van der Waals surface area contributed by atoms with Crippen LogP contribution in [-0.2, 0) is 24.0 Å². The van der Waals surface area contributed by atoms with Crippen LogP contribution >= 0.6 is 0 Å². The standard InChI is InChI=1S/C30H31F3N6O/c1-18(2)26-23(4-3-11-34-26)27-24-14-37(12-13-38(24)29(36-27)19-5-6-19)21-9-7-20(8-10-21)28-35-25(30(31,32)33)15-39(28)22-16-40-17-22/h3-4,7-11,15,18-19,22H,5-6,12-14,16-17H2,1-2H3. The van der Waals surface area contributed by atoms with Crippen molar-refractivity contribution in [1.82, 2.24) is 24.1 Å². The van der Waals surface area contributed by atoms with Gasteiger partial charge in [-0.05, 0) is 55.2 Å². The van der Waals surface area contributed by atoms with Gasteiger partial charge in [0.05, 0.1) is 42.9 Å². The summed E-state index contributed by atoms with van der Waals surface area (Å²) in [7, 11) is 0. The molecule has 40 heavy (non-hydrogen) atoms. The van der Waals surface area contributed by atoms with E-state index in [1.54, 1.807) is 4.57 Å². The summed E-state index contributed by atoms with van der Waals surface area (Å²) >= 11 is 0. The number of rotatable bonds is 6. The maximum absolute atomic E-state index is 13.5. The van der Waals surface area contributed by atoms with Gasteiger partial charge >= 0.3 is 6.18 Å². The van der Waals surface area contributed by atoms with Crippen LogP contribution in [0.25, 0.3) is 22.6 Å². The van der Waals surface area contributed by atoms with Crippen LogP contribution in [0.2, 0.25) is 0 Å². The second-order valence-corrected chi connectivity index (χ2v) is 11.3. The molecule has 10 heteroatoms. The fourth-order valence-electron chi connectivity index (χ4n) is 5.79. The predicted molar refractivity (Wildman–Crippen MR) is 145 cm³/mol. The van der Waals surface area contributed by atoms with Crippen LogP contribution in [0.15, 0.2) is 48.8 Å². The van der Waals surface area contributed by atoms with Crippen LogP contribution in [0.1, 0.15) is 67.5 Å². The largest absolute Gasteiger partial charge is 0.434 e. The Morgan fingerprint density at radius 3 is 2.42 bits per heavy atom. The average molecular weight is 549 g/mol. The molecule has 1 saturated carbocycles. The van der Waals surface area contributed by atoms with Crippen molar-refractivity contribution in [1.29, 1.82) is 0 Å². The van der Waals surface area contributed by atoms with Gasteiger partial charge < -0.3 is 18.8 Å². The Labute approximate surface area is 230 Å². The van der Waals surface area contributed by atoms with Crippen LogP contribution in [-0.4, -0.2) is 43.8 Å². The van der Waals surface area contributed by atoms with Gasteiger partial charge in [-0.3, -0.25) is 4.98 Å². The Hall–Kier alpha value is -3.66. The Bertz CT molecular complexity index is 1550. The summed E-state index contributed by atoms with van der Waals surface area (Å²) in [6.45, 7) is 7.47. The van der Waals surface area contributed by atoms with E-state index in [4.69, 9.17) is 9.72 Å². The fraction of sp³-hybridized carbons (Fsp3) is 0.433. The van der Waals surface area contributed by atoms with E-state index in [0.717, 1.165) is 41.9 Å². The molecule has 0 radical (unpaired) electrons. The number of hydrogen-bond acceptors (Lipinski definition) is 5. The molecular formula is C30H31F3N6O. The molecule has 5 heterocycles. The molecule has 3 aliphatic rings. The summed E-state index contributed by atoms with van der Waals surface area (Å²) in [4.78, 5) is 16.2. The molecule has 1 saturated heterocycles. The highest BCUT2D eigenvalue weighted by atomic mass is 19.4. The lowest BCUT2D eigenvalue weighted by molar-refractivity contribution is -0.141. The van der Waals surface area contributed by atoms with E-state index in [1.807, 2.05) is 36.5 Å². The van der Waals surface area contributed by atoms with Crippen LogP contribution in [0.5, 0.6) is 0 Å². The van der Waals surface area contributed by atoms with Crippen molar-refractivity contribution >= 4 is 5.69 Å². The quantitative estimate of drug-likeness (QED) is 0.278. The van der Waals surface area contributed by atoms with Gasteiger partial charge in [-0.2, -0.15) is 13.2 Å². The molecular weight excluding hydrogens is 517 g/mol. The number of pyridine rings is 1. The van der Waals surface area contributed by atoms with Crippen molar-refractivity contribution in [2.24, 2.45) is 0 Å². The molecule has 7 rings (SSSR count). The molecule has 0 amide bonds. The van der Waals surface area contributed by atoms with E-state index in [-0.39, 0.29) is 12.0 Å². The molecule has 1 aromatic carbocycles. The average Bonchev–Trinajstić information content (AvgIpc) is 3.54. The van der Waals surface area contributed by atoms with Crippen LogP contribution in [0.4, 0.5) is 18.9 Å². The van der Waals surface area contributed by atoms with Gasteiger partial charge in [-0.15, -0.1) is 0 Å². The number of ether oxygens (including phenoxy) is 1. The molecule has 0 atom stereocenters. The van der Waals surface area contributed by atoms with Gasteiger partial charge in [0.2, 0.25) is 0 Å². The lowest BCUT2D eigenvalue weighted by atomic mass is 10.00. The highest BCUT2D eigenvalue weighted by Gasteiger charge is 2.37. The molecule has 0 bridgehead atoms. The first-order valence-corrected chi connectivity index (χ1v) is 13.9. The number of nitrogens with zero attached hydrogens (tertiary/aromatic N) is 6. The lowest BCUT2D eigenvalue weighted by Gasteiger charge is -2.32. The maximum Gasteiger partial charge on any atom is 0.434 e. The molecule has 3 aromatic heterocycles. The SMILES string of the molecule is CC(C)c1ncccc1-c1nc(C2CC2)n2c1CN(c1ccc(-c3nc(C(F)(F)F)cn3C3COC3)cc1)CC2. The Morgan fingerprint density at radius 1 is 1.00 bits per heavy atom. The zero-order chi connectivity index (χ0) is 27.6. The number of imidazole rings is 2. The van der Waals surface area contributed by atoms with E-state index < -0.39 is 11.9 Å². The number of halogens is 3. The minimum Gasteiger partial charge on any atom is -0.377 e. The molecule has 0 spiro atoms. The second kappa shape index (κ2) is 9.47. The predicted octanol–water partition coefficient (Wildman–Crippen LogP) is 6.42. The van der Waals surface area contributed by atoms with Gasteiger partial charge in [-0.1, -0.05) is 13.8 Å². The summed E-state index contributed by atoms with van der Waals surface area (Å²) in [5.74, 6) is 2.31. The summed E-state index contributed by atoms with van der Waals surface area (Å²) < 4.78 is 49.6. The summed E-state index contributed by atoms with van der Waals surface area (Å²) in [6.07, 6.45) is 0.818. The third-order valence-corrected chi connectivity index (χ3v) is 8.15. The van der Waals surface area contributed by atoms with Crippen LogP contribution in [0.3, 0.4) is 0 Å².